The molecule has 0 spiro atoms. The van der Waals surface area contributed by atoms with E-state index in [1.165, 1.54) is 18.2 Å². The first-order valence-electron chi connectivity index (χ1n) is 11.6. The van der Waals surface area contributed by atoms with Crippen molar-refractivity contribution < 1.29 is 23.8 Å². The molecule has 4 rings (SSSR count). The van der Waals surface area contributed by atoms with Crippen molar-refractivity contribution >= 4 is 23.2 Å². The monoisotopic (exact) mass is 477 g/mol. The third-order valence-corrected chi connectivity index (χ3v) is 5.91. The minimum atomic E-state index is -0.909. The summed E-state index contributed by atoms with van der Waals surface area (Å²) in [6, 6.07) is 18.9. The lowest BCUT2D eigenvalue weighted by Crippen LogP contribution is -2.44. The molecule has 8 heteroatoms. The number of rotatable bonds is 8. The van der Waals surface area contributed by atoms with E-state index in [1.807, 2.05) is 24.3 Å². The average molecular weight is 478 g/mol. The first kappa shape index (κ1) is 24.2. The Hall–Kier alpha value is -3.91. The number of phenols is 1. The van der Waals surface area contributed by atoms with E-state index in [0.29, 0.717) is 38.4 Å². The van der Waals surface area contributed by atoms with Crippen LogP contribution in [0.5, 0.6) is 5.75 Å². The van der Waals surface area contributed by atoms with Gasteiger partial charge in [0.15, 0.2) is 0 Å². The molecule has 1 saturated heterocycles. The van der Waals surface area contributed by atoms with Crippen LogP contribution in [-0.4, -0.2) is 49.3 Å². The van der Waals surface area contributed by atoms with Crippen LogP contribution < -0.4 is 15.5 Å². The maximum absolute atomic E-state index is 14.2. The Morgan fingerprint density at radius 2 is 1.66 bits per heavy atom. The van der Waals surface area contributed by atoms with Gasteiger partial charge in [0.25, 0.3) is 5.91 Å². The molecule has 2 amide bonds. The molecule has 1 atom stereocenters. The van der Waals surface area contributed by atoms with E-state index in [2.05, 4.69) is 15.5 Å². The highest BCUT2D eigenvalue weighted by atomic mass is 19.1. The number of ether oxygens (including phenoxy) is 1. The number of benzene rings is 3. The Morgan fingerprint density at radius 1 is 0.971 bits per heavy atom. The second-order valence-corrected chi connectivity index (χ2v) is 8.32. The van der Waals surface area contributed by atoms with Gasteiger partial charge >= 0.3 is 0 Å². The summed E-state index contributed by atoms with van der Waals surface area (Å²) in [4.78, 5) is 28.3. The van der Waals surface area contributed by atoms with Crippen LogP contribution in [0.15, 0.2) is 72.8 Å². The first-order chi connectivity index (χ1) is 17.0. The van der Waals surface area contributed by atoms with Crippen LogP contribution in [0.25, 0.3) is 0 Å². The minimum Gasteiger partial charge on any atom is -0.508 e. The lowest BCUT2D eigenvalue weighted by molar-refractivity contribution is -0.118. The standard InChI is InChI=1S/C27H28FN3O4/c28-22-6-2-1-5-21(22)26(33)30-24(14-11-19-9-12-20(32)13-10-19)27(34)29-23-7-3-4-8-25(23)31-15-17-35-18-16-31/h1-10,12-13,24,32H,11,14-18H2,(H,29,34)(H,30,33). The van der Waals surface area contributed by atoms with Gasteiger partial charge in [0.2, 0.25) is 5.91 Å². The summed E-state index contributed by atoms with van der Waals surface area (Å²) in [5.74, 6) is -1.56. The molecule has 0 saturated carbocycles. The Balaban J connectivity index is 1.53. The third-order valence-electron chi connectivity index (χ3n) is 5.91. The Bertz CT molecular complexity index is 1160. The summed E-state index contributed by atoms with van der Waals surface area (Å²) in [5.41, 5.74) is 2.29. The van der Waals surface area contributed by atoms with Crippen molar-refractivity contribution in [1.82, 2.24) is 5.32 Å². The fourth-order valence-electron chi connectivity index (χ4n) is 4.00. The van der Waals surface area contributed by atoms with Crippen molar-refractivity contribution in [2.75, 3.05) is 36.5 Å². The normalized spacial score (nSPS) is 14.3. The summed E-state index contributed by atoms with van der Waals surface area (Å²) in [6.07, 6.45) is 0.761. The number of aryl methyl sites for hydroxylation is 1. The van der Waals surface area contributed by atoms with Crippen molar-refractivity contribution in [3.63, 3.8) is 0 Å². The van der Waals surface area contributed by atoms with E-state index in [4.69, 9.17) is 4.74 Å². The molecule has 0 aliphatic carbocycles. The van der Waals surface area contributed by atoms with Crippen LogP contribution in [0.3, 0.4) is 0 Å². The van der Waals surface area contributed by atoms with Crippen molar-refractivity contribution in [3.05, 3.63) is 89.7 Å². The van der Waals surface area contributed by atoms with E-state index in [1.54, 1.807) is 30.3 Å². The Kier molecular flexibility index (Phi) is 7.95. The second-order valence-electron chi connectivity index (χ2n) is 8.32. The molecule has 0 radical (unpaired) electrons. The molecule has 182 valence electrons. The van der Waals surface area contributed by atoms with Gasteiger partial charge < -0.3 is 25.4 Å². The van der Waals surface area contributed by atoms with Gasteiger partial charge in [-0.2, -0.15) is 0 Å². The molecule has 3 aromatic carbocycles. The van der Waals surface area contributed by atoms with Gasteiger partial charge in [-0.25, -0.2) is 4.39 Å². The molecule has 1 heterocycles. The third kappa shape index (κ3) is 6.36. The molecule has 7 nitrogen and oxygen atoms in total. The Labute approximate surface area is 203 Å². The van der Waals surface area contributed by atoms with Crippen LogP contribution in [0.2, 0.25) is 0 Å². The zero-order valence-electron chi connectivity index (χ0n) is 19.2. The first-order valence-corrected chi connectivity index (χ1v) is 11.6. The number of hydrogen-bond acceptors (Lipinski definition) is 5. The van der Waals surface area contributed by atoms with Gasteiger partial charge in [-0.1, -0.05) is 36.4 Å². The zero-order chi connectivity index (χ0) is 24.6. The number of carbonyl (C=O) groups is 2. The number of nitrogens with zero attached hydrogens (tertiary/aromatic N) is 1. The summed E-state index contributed by atoms with van der Waals surface area (Å²) in [5, 5.41) is 15.2. The topological polar surface area (TPSA) is 90.9 Å². The van der Waals surface area contributed by atoms with E-state index in [-0.39, 0.29) is 17.7 Å². The van der Waals surface area contributed by atoms with Crippen LogP contribution in [0, 0.1) is 5.82 Å². The van der Waals surface area contributed by atoms with E-state index >= 15 is 0 Å². The molecule has 1 aliphatic rings. The quantitative estimate of drug-likeness (QED) is 0.460. The molecule has 3 N–H and O–H groups in total. The van der Waals surface area contributed by atoms with Crippen LogP contribution in [0.1, 0.15) is 22.3 Å². The van der Waals surface area contributed by atoms with Crippen molar-refractivity contribution in [3.8, 4) is 5.75 Å². The number of amides is 2. The lowest BCUT2D eigenvalue weighted by atomic mass is 10.0. The largest absolute Gasteiger partial charge is 0.508 e. The number of anilines is 2. The Morgan fingerprint density at radius 3 is 2.40 bits per heavy atom. The van der Waals surface area contributed by atoms with Gasteiger partial charge in [-0.05, 0) is 54.8 Å². The fourth-order valence-corrected chi connectivity index (χ4v) is 4.00. The maximum Gasteiger partial charge on any atom is 0.254 e. The van der Waals surface area contributed by atoms with E-state index in [9.17, 15) is 19.1 Å². The van der Waals surface area contributed by atoms with E-state index in [0.717, 1.165) is 11.3 Å². The molecule has 1 aliphatic heterocycles. The van der Waals surface area contributed by atoms with Crippen molar-refractivity contribution in [2.45, 2.75) is 18.9 Å². The fraction of sp³-hybridized carbons (Fsp3) is 0.259. The SMILES string of the molecule is O=C(NC(CCc1ccc(O)cc1)C(=O)Nc1ccccc1N1CCOCC1)c1ccccc1F. The number of halogens is 1. The number of para-hydroxylation sites is 2. The highest BCUT2D eigenvalue weighted by Crippen LogP contribution is 2.27. The minimum absolute atomic E-state index is 0.122. The molecule has 0 bridgehead atoms. The number of morpholine rings is 1. The maximum atomic E-state index is 14.2. The van der Waals surface area contributed by atoms with Crippen molar-refractivity contribution in [1.29, 1.82) is 0 Å². The van der Waals surface area contributed by atoms with Gasteiger partial charge in [-0.15, -0.1) is 0 Å². The van der Waals surface area contributed by atoms with Gasteiger partial charge in [0, 0.05) is 13.1 Å². The number of nitrogens with one attached hydrogen (secondary N) is 2. The molecular formula is C27H28FN3O4. The average Bonchev–Trinajstić information content (AvgIpc) is 2.88. The molecule has 3 aromatic rings. The van der Waals surface area contributed by atoms with Crippen LogP contribution >= 0.6 is 0 Å². The van der Waals surface area contributed by atoms with Gasteiger partial charge in [-0.3, -0.25) is 9.59 Å². The summed E-state index contributed by atoms with van der Waals surface area (Å²) in [7, 11) is 0. The molecular weight excluding hydrogens is 449 g/mol. The van der Waals surface area contributed by atoms with Crippen molar-refractivity contribution in [2.24, 2.45) is 0 Å². The highest BCUT2D eigenvalue weighted by molar-refractivity contribution is 6.02. The number of phenolic OH excluding ortho intramolecular Hbond substituents is 1. The van der Waals surface area contributed by atoms with Gasteiger partial charge in [0.05, 0.1) is 30.2 Å². The van der Waals surface area contributed by atoms with Crippen LogP contribution in [-0.2, 0) is 16.0 Å². The summed E-state index contributed by atoms with van der Waals surface area (Å²) < 4.78 is 19.6. The summed E-state index contributed by atoms with van der Waals surface area (Å²) in [6.45, 7) is 2.63. The lowest BCUT2D eigenvalue weighted by Gasteiger charge is -2.31. The predicted octanol–water partition coefficient (Wildman–Crippen LogP) is 3.74. The highest BCUT2D eigenvalue weighted by Gasteiger charge is 2.24. The number of aromatic hydroxyl groups is 1. The van der Waals surface area contributed by atoms with Crippen LogP contribution in [0.4, 0.5) is 15.8 Å². The van der Waals surface area contributed by atoms with E-state index < -0.39 is 23.7 Å². The molecule has 1 fully saturated rings. The smallest absolute Gasteiger partial charge is 0.254 e. The molecule has 35 heavy (non-hydrogen) atoms. The van der Waals surface area contributed by atoms with Gasteiger partial charge in [0.1, 0.15) is 17.6 Å². The zero-order valence-corrected chi connectivity index (χ0v) is 19.2. The number of hydrogen-bond donors (Lipinski definition) is 3. The second kappa shape index (κ2) is 11.5. The molecule has 0 aromatic heterocycles. The predicted molar refractivity (Wildman–Crippen MR) is 132 cm³/mol. The molecule has 1 unspecified atom stereocenters. The summed E-state index contributed by atoms with van der Waals surface area (Å²) >= 11 is 0. The number of carbonyl (C=O) groups excluding carboxylic acids is 2.